The Morgan fingerprint density at radius 1 is 0.923 bits per heavy atom. The molecule has 0 radical (unpaired) electrons. The van der Waals surface area contributed by atoms with Gasteiger partial charge in [-0.1, -0.05) is 63.9 Å². The van der Waals surface area contributed by atoms with E-state index in [1.165, 1.54) is 0 Å². The standard InChI is InChI=1S/C22H13BrClNO/c23-16-8-6-15(7-9-16)22(26)19-13-25-20-12-17(24)10-11-18(20)21(19)14-4-2-1-3-5-14/h1-13H. The second-order valence-corrected chi connectivity index (χ2v) is 7.26. The lowest BCUT2D eigenvalue weighted by atomic mass is 9.92. The molecule has 0 aliphatic rings. The van der Waals surface area contributed by atoms with Crippen molar-refractivity contribution in [1.82, 2.24) is 4.98 Å². The van der Waals surface area contributed by atoms with E-state index in [1.54, 1.807) is 6.20 Å². The summed E-state index contributed by atoms with van der Waals surface area (Å²) in [4.78, 5) is 17.7. The van der Waals surface area contributed by atoms with Crippen molar-refractivity contribution in [3.8, 4) is 11.1 Å². The van der Waals surface area contributed by atoms with Gasteiger partial charge in [-0.15, -0.1) is 0 Å². The van der Waals surface area contributed by atoms with Gasteiger partial charge in [-0.25, -0.2) is 0 Å². The maximum atomic E-state index is 13.2. The van der Waals surface area contributed by atoms with Gasteiger partial charge in [-0.05, 0) is 42.0 Å². The van der Waals surface area contributed by atoms with Gasteiger partial charge in [0.25, 0.3) is 0 Å². The summed E-state index contributed by atoms with van der Waals surface area (Å²) >= 11 is 9.52. The van der Waals surface area contributed by atoms with Crippen LogP contribution in [0.1, 0.15) is 15.9 Å². The third kappa shape index (κ3) is 3.16. The van der Waals surface area contributed by atoms with Gasteiger partial charge in [0.15, 0.2) is 5.78 Å². The Hall–Kier alpha value is -2.49. The molecule has 1 aromatic heterocycles. The highest BCUT2D eigenvalue weighted by Crippen LogP contribution is 2.33. The number of benzene rings is 3. The van der Waals surface area contributed by atoms with Crippen LogP contribution < -0.4 is 0 Å². The first kappa shape index (κ1) is 17.0. The van der Waals surface area contributed by atoms with E-state index >= 15 is 0 Å². The lowest BCUT2D eigenvalue weighted by Gasteiger charge is -2.13. The first-order chi connectivity index (χ1) is 12.6. The molecule has 4 heteroatoms. The largest absolute Gasteiger partial charge is 0.289 e. The number of nitrogens with zero attached hydrogens (tertiary/aromatic N) is 1. The van der Waals surface area contributed by atoms with E-state index in [9.17, 15) is 4.79 Å². The number of carbonyl (C=O) groups is 1. The number of halogens is 2. The van der Waals surface area contributed by atoms with Crippen LogP contribution >= 0.6 is 27.5 Å². The van der Waals surface area contributed by atoms with Crippen molar-refractivity contribution < 1.29 is 4.79 Å². The highest BCUT2D eigenvalue weighted by molar-refractivity contribution is 9.10. The van der Waals surface area contributed by atoms with Crippen LogP contribution in [-0.2, 0) is 0 Å². The number of rotatable bonds is 3. The third-order valence-electron chi connectivity index (χ3n) is 4.24. The lowest BCUT2D eigenvalue weighted by molar-refractivity contribution is 0.103. The van der Waals surface area contributed by atoms with Gasteiger partial charge in [0.05, 0.1) is 5.52 Å². The van der Waals surface area contributed by atoms with Crippen molar-refractivity contribution in [2.45, 2.75) is 0 Å². The van der Waals surface area contributed by atoms with Crippen molar-refractivity contribution in [3.05, 3.63) is 99.6 Å². The maximum absolute atomic E-state index is 13.2. The number of fused-ring (bicyclic) bond motifs is 1. The van der Waals surface area contributed by atoms with Crippen LogP contribution in [0.2, 0.25) is 5.02 Å². The van der Waals surface area contributed by atoms with Gasteiger partial charge in [0, 0.05) is 37.8 Å². The second-order valence-electron chi connectivity index (χ2n) is 5.91. The fraction of sp³-hybridized carbons (Fsp3) is 0. The summed E-state index contributed by atoms with van der Waals surface area (Å²) in [5, 5.41) is 1.53. The van der Waals surface area contributed by atoms with Crippen molar-refractivity contribution in [2.75, 3.05) is 0 Å². The molecule has 0 unspecified atom stereocenters. The highest BCUT2D eigenvalue weighted by atomic mass is 79.9. The Bertz CT molecular complexity index is 1110. The van der Waals surface area contributed by atoms with Crippen LogP contribution in [0.5, 0.6) is 0 Å². The van der Waals surface area contributed by atoms with Crippen LogP contribution in [-0.4, -0.2) is 10.8 Å². The molecule has 0 aliphatic heterocycles. The summed E-state index contributed by atoms with van der Waals surface area (Å²) in [6.45, 7) is 0. The average Bonchev–Trinajstić information content (AvgIpc) is 2.67. The first-order valence-corrected chi connectivity index (χ1v) is 9.24. The summed E-state index contributed by atoms with van der Waals surface area (Å²) < 4.78 is 0.934. The zero-order valence-electron chi connectivity index (χ0n) is 13.6. The number of hydrogen-bond acceptors (Lipinski definition) is 2. The van der Waals surface area contributed by atoms with E-state index < -0.39 is 0 Å². The summed E-state index contributed by atoms with van der Waals surface area (Å²) in [6, 6.07) is 22.8. The molecule has 0 saturated carbocycles. The van der Waals surface area contributed by atoms with Gasteiger partial charge in [-0.2, -0.15) is 0 Å². The number of aromatic nitrogens is 1. The van der Waals surface area contributed by atoms with Crippen LogP contribution in [0.25, 0.3) is 22.0 Å². The molecule has 0 fully saturated rings. The van der Waals surface area contributed by atoms with Crippen molar-refractivity contribution in [2.24, 2.45) is 0 Å². The van der Waals surface area contributed by atoms with E-state index in [0.717, 1.165) is 26.5 Å². The van der Waals surface area contributed by atoms with Crippen LogP contribution in [0.15, 0.2) is 83.5 Å². The molecule has 0 bridgehead atoms. The molecule has 0 spiro atoms. The topological polar surface area (TPSA) is 30.0 Å². The second kappa shape index (κ2) is 7.02. The molecule has 3 aromatic carbocycles. The quantitative estimate of drug-likeness (QED) is 0.350. The van der Waals surface area contributed by atoms with Crippen molar-refractivity contribution in [1.29, 1.82) is 0 Å². The minimum atomic E-state index is -0.0549. The Morgan fingerprint density at radius 3 is 2.38 bits per heavy atom. The van der Waals surface area contributed by atoms with Crippen molar-refractivity contribution in [3.63, 3.8) is 0 Å². The Balaban J connectivity index is 1.98. The Morgan fingerprint density at radius 2 is 1.65 bits per heavy atom. The summed E-state index contributed by atoms with van der Waals surface area (Å²) in [6.07, 6.45) is 1.64. The lowest BCUT2D eigenvalue weighted by Crippen LogP contribution is -2.05. The number of hydrogen-bond donors (Lipinski definition) is 0. The molecule has 0 amide bonds. The van der Waals surface area contributed by atoms with Crippen LogP contribution in [0.4, 0.5) is 0 Å². The number of pyridine rings is 1. The van der Waals surface area contributed by atoms with Crippen LogP contribution in [0, 0.1) is 0 Å². The van der Waals surface area contributed by atoms with E-state index in [4.69, 9.17) is 11.6 Å². The molecule has 0 N–H and O–H groups in total. The van der Waals surface area contributed by atoms with Gasteiger partial charge in [-0.3, -0.25) is 9.78 Å². The molecular formula is C22H13BrClNO. The molecule has 4 aromatic rings. The summed E-state index contributed by atoms with van der Waals surface area (Å²) in [5.41, 5.74) is 3.82. The van der Waals surface area contributed by atoms with E-state index in [0.29, 0.717) is 16.1 Å². The monoisotopic (exact) mass is 421 g/mol. The maximum Gasteiger partial charge on any atom is 0.195 e. The fourth-order valence-electron chi connectivity index (χ4n) is 3.01. The van der Waals surface area contributed by atoms with Gasteiger partial charge in [0.2, 0.25) is 0 Å². The average molecular weight is 423 g/mol. The fourth-order valence-corrected chi connectivity index (χ4v) is 3.44. The summed E-state index contributed by atoms with van der Waals surface area (Å²) in [5.74, 6) is -0.0549. The predicted molar refractivity (Wildman–Crippen MR) is 110 cm³/mol. The molecule has 0 saturated heterocycles. The summed E-state index contributed by atoms with van der Waals surface area (Å²) in [7, 11) is 0. The third-order valence-corrected chi connectivity index (χ3v) is 5.01. The molecular weight excluding hydrogens is 410 g/mol. The van der Waals surface area contributed by atoms with Gasteiger partial charge in [0.1, 0.15) is 0 Å². The molecule has 0 atom stereocenters. The van der Waals surface area contributed by atoms with Gasteiger partial charge >= 0.3 is 0 Å². The zero-order chi connectivity index (χ0) is 18.1. The SMILES string of the molecule is O=C(c1ccc(Br)cc1)c1cnc2cc(Cl)ccc2c1-c1ccccc1. The molecule has 126 valence electrons. The minimum absolute atomic E-state index is 0.0549. The molecule has 26 heavy (non-hydrogen) atoms. The van der Waals surface area contributed by atoms with E-state index in [1.807, 2.05) is 72.8 Å². The van der Waals surface area contributed by atoms with Crippen LogP contribution in [0.3, 0.4) is 0 Å². The van der Waals surface area contributed by atoms with Crippen molar-refractivity contribution >= 4 is 44.2 Å². The molecule has 1 heterocycles. The Kier molecular flexibility index (Phi) is 4.58. The smallest absolute Gasteiger partial charge is 0.195 e. The Labute approximate surface area is 164 Å². The predicted octanol–water partition coefficient (Wildman–Crippen LogP) is 6.55. The zero-order valence-corrected chi connectivity index (χ0v) is 16.0. The normalized spacial score (nSPS) is 10.8. The number of ketones is 1. The molecule has 2 nitrogen and oxygen atoms in total. The molecule has 0 aliphatic carbocycles. The highest BCUT2D eigenvalue weighted by Gasteiger charge is 2.18. The number of carbonyl (C=O) groups excluding carboxylic acids is 1. The van der Waals surface area contributed by atoms with E-state index in [-0.39, 0.29) is 5.78 Å². The molecule has 4 rings (SSSR count). The first-order valence-electron chi connectivity index (χ1n) is 8.07. The minimum Gasteiger partial charge on any atom is -0.289 e. The van der Waals surface area contributed by atoms with Gasteiger partial charge < -0.3 is 0 Å². The van der Waals surface area contributed by atoms with E-state index in [2.05, 4.69) is 20.9 Å².